The molecule has 0 aliphatic rings. The second-order valence-electron chi connectivity index (χ2n) is 3.89. The third kappa shape index (κ3) is 3.45. The van der Waals surface area contributed by atoms with Crippen molar-refractivity contribution in [3.05, 3.63) is 23.9 Å². The van der Waals surface area contributed by atoms with Crippen molar-refractivity contribution in [1.82, 2.24) is 4.98 Å². The van der Waals surface area contributed by atoms with Crippen molar-refractivity contribution in [3.63, 3.8) is 0 Å². The van der Waals surface area contributed by atoms with Crippen LogP contribution in [0, 0.1) is 17.2 Å². The molecule has 5 nitrogen and oxygen atoms in total. The fraction of sp³-hybridized carbons (Fsp3) is 0.417. The molecule has 5 heteroatoms. The molecule has 17 heavy (non-hydrogen) atoms. The van der Waals surface area contributed by atoms with Crippen molar-refractivity contribution >= 4 is 11.8 Å². The zero-order valence-corrected chi connectivity index (χ0v) is 9.84. The van der Waals surface area contributed by atoms with Gasteiger partial charge in [0.1, 0.15) is 17.9 Å². The number of nitrogens with one attached hydrogen (secondary N) is 1. The molecule has 1 aromatic rings. The summed E-state index contributed by atoms with van der Waals surface area (Å²) < 4.78 is 0. The molecule has 0 bridgehead atoms. The van der Waals surface area contributed by atoms with Crippen LogP contribution in [0.4, 0.5) is 5.82 Å². The number of nitrogens with zero attached hydrogens (tertiary/aromatic N) is 2. The van der Waals surface area contributed by atoms with E-state index < -0.39 is 12.0 Å². The van der Waals surface area contributed by atoms with Crippen molar-refractivity contribution in [1.29, 1.82) is 5.26 Å². The number of rotatable bonds is 5. The van der Waals surface area contributed by atoms with Crippen LogP contribution in [-0.4, -0.2) is 22.1 Å². The largest absolute Gasteiger partial charge is 0.480 e. The van der Waals surface area contributed by atoms with Gasteiger partial charge in [0.2, 0.25) is 0 Å². The van der Waals surface area contributed by atoms with E-state index in [-0.39, 0.29) is 5.92 Å². The molecule has 1 aromatic heterocycles. The summed E-state index contributed by atoms with van der Waals surface area (Å²) in [6, 6.07) is 4.50. The molecule has 0 aromatic carbocycles. The molecule has 0 spiro atoms. The number of pyridine rings is 1. The first-order valence-corrected chi connectivity index (χ1v) is 5.44. The third-order valence-electron chi connectivity index (χ3n) is 2.68. The Morgan fingerprint density at radius 1 is 1.65 bits per heavy atom. The van der Waals surface area contributed by atoms with Crippen LogP contribution in [-0.2, 0) is 4.79 Å². The Morgan fingerprint density at radius 3 is 2.76 bits per heavy atom. The van der Waals surface area contributed by atoms with Gasteiger partial charge in [-0.05, 0) is 18.1 Å². The SMILES string of the molecule is CC[C@H](C)[C@H](Nc1ccc(C#N)cn1)C(=O)O. The highest BCUT2D eigenvalue weighted by molar-refractivity contribution is 5.77. The number of aromatic nitrogens is 1. The average molecular weight is 233 g/mol. The van der Waals surface area contributed by atoms with E-state index in [0.29, 0.717) is 11.4 Å². The maximum Gasteiger partial charge on any atom is 0.326 e. The van der Waals surface area contributed by atoms with E-state index in [4.69, 9.17) is 10.4 Å². The maximum atomic E-state index is 11.1. The number of hydrogen-bond acceptors (Lipinski definition) is 4. The van der Waals surface area contributed by atoms with Gasteiger partial charge in [0, 0.05) is 6.20 Å². The van der Waals surface area contributed by atoms with E-state index in [0.717, 1.165) is 6.42 Å². The van der Waals surface area contributed by atoms with E-state index in [1.807, 2.05) is 19.9 Å². The van der Waals surface area contributed by atoms with Gasteiger partial charge in [-0.15, -0.1) is 0 Å². The molecular formula is C12H15N3O2. The van der Waals surface area contributed by atoms with Crippen LogP contribution in [0.25, 0.3) is 0 Å². The van der Waals surface area contributed by atoms with Gasteiger partial charge in [0.15, 0.2) is 0 Å². The predicted octanol–water partition coefficient (Wildman–Crippen LogP) is 1.86. The van der Waals surface area contributed by atoms with Crippen LogP contribution in [0.5, 0.6) is 0 Å². The van der Waals surface area contributed by atoms with E-state index in [1.54, 1.807) is 12.1 Å². The average Bonchev–Trinajstić information content (AvgIpc) is 2.35. The Labute approximate surface area is 100 Å². The normalized spacial score (nSPS) is 13.5. The molecular weight excluding hydrogens is 218 g/mol. The van der Waals surface area contributed by atoms with E-state index >= 15 is 0 Å². The van der Waals surface area contributed by atoms with Gasteiger partial charge in [-0.3, -0.25) is 0 Å². The first-order valence-electron chi connectivity index (χ1n) is 5.44. The van der Waals surface area contributed by atoms with Gasteiger partial charge < -0.3 is 10.4 Å². The Hall–Kier alpha value is -2.09. The zero-order valence-electron chi connectivity index (χ0n) is 9.84. The molecule has 90 valence electrons. The molecule has 1 heterocycles. The summed E-state index contributed by atoms with van der Waals surface area (Å²) in [5.74, 6) is -0.424. The fourth-order valence-electron chi connectivity index (χ4n) is 1.39. The van der Waals surface area contributed by atoms with Gasteiger partial charge >= 0.3 is 5.97 Å². The quantitative estimate of drug-likeness (QED) is 0.810. The molecule has 0 fully saturated rings. The summed E-state index contributed by atoms with van der Waals surface area (Å²) in [4.78, 5) is 15.1. The lowest BCUT2D eigenvalue weighted by Gasteiger charge is -2.20. The number of nitriles is 1. The lowest BCUT2D eigenvalue weighted by molar-refractivity contribution is -0.139. The second-order valence-corrected chi connectivity index (χ2v) is 3.89. The van der Waals surface area contributed by atoms with Gasteiger partial charge in [-0.2, -0.15) is 5.26 Å². The number of carbonyl (C=O) groups is 1. The Kier molecular flexibility index (Phi) is 4.46. The van der Waals surface area contributed by atoms with Crippen molar-refractivity contribution in [2.75, 3.05) is 5.32 Å². The summed E-state index contributed by atoms with van der Waals surface area (Å²) in [6.45, 7) is 3.81. The summed E-state index contributed by atoms with van der Waals surface area (Å²) >= 11 is 0. The maximum absolute atomic E-state index is 11.1. The predicted molar refractivity (Wildman–Crippen MR) is 63.5 cm³/mol. The van der Waals surface area contributed by atoms with Gasteiger partial charge in [-0.1, -0.05) is 20.3 Å². The minimum absolute atomic E-state index is 0.00458. The minimum Gasteiger partial charge on any atom is -0.480 e. The summed E-state index contributed by atoms with van der Waals surface area (Å²) in [5, 5.41) is 20.6. The van der Waals surface area contributed by atoms with Crippen molar-refractivity contribution in [3.8, 4) is 6.07 Å². The molecule has 0 radical (unpaired) electrons. The van der Waals surface area contributed by atoms with Crippen LogP contribution >= 0.6 is 0 Å². The monoisotopic (exact) mass is 233 g/mol. The number of carboxylic acids is 1. The molecule has 2 N–H and O–H groups in total. The molecule has 0 unspecified atom stereocenters. The number of hydrogen-bond donors (Lipinski definition) is 2. The minimum atomic E-state index is -0.898. The lowest BCUT2D eigenvalue weighted by atomic mass is 9.99. The van der Waals surface area contributed by atoms with Crippen molar-refractivity contribution in [2.24, 2.45) is 5.92 Å². The van der Waals surface area contributed by atoms with Crippen LogP contribution < -0.4 is 5.32 Å². The molecule has 0 saturated heterocycles. The topological polar surface area (TPSA) is 86.0 Å². The van der Waals surface area contributed by atoms with Crippen LogP contribution in [0.15, 0.2) is 18.3 Å². The van der Waals surface area contributed by atoms with Gasteiger partial charge in [-0.25, -0.2) is 9.78 Å². The molecule has 1 rings (SSSR count). The summed E-state index contributed by atoms with van der Waals surface area (Å²) in [5.41, 5.74) is 0.450. The number of anilines is 1. The first-order chi connectivity index (χ1) is 8.08. The highest BCUT2D eigenvalue weighted by Gasteiger charge is 2.23. The summed E-state index contributed by atoms with van der Waals surface area (Å²) in [7, 11) is 0. The third-order valence-corrected chi connectivity index (χ3v) is 2.68. The van der Waals surface area contributed by atoms with Crippen LogP contribution in [0.1, 0.15) is 25.8 Å². The van der Waals surface area contributed by atoms with E-state index in [1.165, 1.54) is 6.20 Å². The highest BCUT2D eigenvalue weighted by Crippen LogP contribution is 2.14. The van der Waals surface area contributed by atoms with Crippen LogP contribution in [0.3, 0.4) is 0 Å². The van der Waals surface area contributed by atoms with E-state index in [2.05, 4.69) is 10.3 Å². The smallest absolute Gasteiger partial charge is 0.326 e. The highest BCUT2D eigenvalue weighted by atomic mass is 16.4. The zero-order chi connectivity index (χ0) is 12.8. The van der Waals surface area contributed by atoms with Crippen molar-refractivity contribution < 1.29 is 9.90 Å². The van der Waals surface area contributed by atoms with E-state index in [9.17, 15) is 4.79 Å². The Balaban J connectivity index is 2.79. The number of aliphatic carboxylic acids is 1. The fourth-order valence-corrected chi connectivity index (χ4v) is 1.39. The first kappa shape index (κ1) is 13.0. The molecule has 0 saturated carbocycles. The second kappa shape index (κ2) is 5.85. The molecule has 0 aliphatic heterocycles. The molecule has 2 atom stereocenters. The van der Waals surface area contributed by atoms with Crippen molar-refractivity contribution in [2.45, 2.75) is 26.3 Å². The Morgan fingerprint density at radius 2 is 2.35 bits per heavy atom. The molecule has 0 aliphatic carbocycles. The number of carboxylic acid groups (broad SMARTS) is 1. The summed E-state index contributed by atoms with van der Waals surface area (Å²) in [6.07, 6.45) is 2.18. The standard InChI is InChI=1S/C12H15N3O2/c1-3-8(2)11(12(16)17)15-10-5-4-9(6-13)7-14-10/h4-5,7-8,11H,3H2,1-2H3,(H,14,15)(H,16,17)/t8-,11-/m0/s1. The van der Waals surface area contributed by atoms with Gasteiger partial charge in [0.25, 0.3) is 0 Å². The molecule has 0 amide bonds. The van der Waals surface area contributed by atoms with Gasteiger partial charge in [0.05, 0.1) is 5.56 Å². The van der Waals surface area contributed by atoms with Crippen LogP contribution in [0.2, 0.25) is 0 Å². The lowest BCUT2D eigenvalue weighted by Crippen LogP contribution is -2.35. The Bertz CT molecular complexity index is 422.